The van der Waals surface area contributed by atoms with Gasteiger partial charge in [0.15, 0.2) is 5.75 Å². The monoisotopic (exact) mass is 364 g/mol. The summed E-state index contributed by atoms with van der Waals surface area (Å²) in [7, 11) is 0. The molecule has 0 aliphatic carbocycles. The fourth-order valence-electron chi connectivity index (χ4n) is 3.01. The number of para-hydroxylation sites is 1. The van der Waals surface area contributed by atoms with Crippen LogP contribution in [0.5, 0.6) is 5.75 Å². The van der Waals surface area contributed by atoms with Crippen LogP contribution in [0.25, 0.3) is 16.6 Å². The second-order valence-electron chi connectivity index (χ2n) is 6.01. The van der Waals surface area contributed by atoms with Crippen molar-refractivity contribution in [1.29, 1.82) is 0 Å². The van der Waals surface area contributed by atoms with Gasteiger partial charge in [-0.15, -0.1) is 0 Å². The maximum atomic E-state index is 11.7. The number of aromatic nitrogens is 1. The minimum atomic E-state index is -0.447. The normalized spacial score (nSPS) is 14.0. The third kappa shape index (κ3) is 3.55. The van der Waals surface area contributed by atoms with Gasteiger partial charge in [-0.25, -0.2) is 0 Å². The van der Waals surface area contributed by atoms with Gasteiger partial charge in [-0.3, -0.25) is 9.59 Å². The van der Waals surface area contributed by atoms with Gasteiger partial charge in [-0.1, -0.05) is 31.4 Å². The van der Waals surface area contributed by atoms with Crippen molar-refractivity contribution in [2.45, 2.75) is 20.3 Å². The molecule has 0 radical (unpaired) electrons. The van der Waals surface area contributed by atoms with Crippen LogP contribution in [-0.2, 0) is 14.3 Å². The van der Waals surface area contributed by atoms with Crippen LogP contribution in [0.1, 0.15) is 26.0 Å². The zero-order chi connectivity index (χ0) is 19.6. The van der Waals surface area contributed by atoms with E-state index in [4.69, 9.17) is 9.47 Å². The number of ether oxygens (including phenoxy) is 2. The molecule has 2 aromatic rings. The summed E-state index contributed by atoms with van der Waals surface area (Å²) in [6.45, 7) is 10.3. The molecule has 0 saturated heterocycles. The SMILES string of the molecule is C=CC1=C(C=C)NC(c2[nH]c3ccccc3c2OC(C)=O)=C(OC(C)=O)C1. The number of hydrogen-bond donors (Lipinski definition) is 2. The van der Waals surface area contributed by atoms with Crippen molar-refractivity contribution in [3.8, 4) is 5.75 Å². The van der Waals surface area contributed by atoms with Gasteiger partial charge in [-0.2, -0.15) is 0 Å². The largest absolute Gasteiger partial charge is 0.429 e. The molecule has 0 unspecified atom stereocenters. The first-order valence-corrected chi connectivity index (χ1v) is 8.40. The lowest BCUT2D eigenvalue weighted by atomic mass is 10.0. The highest BCUT2D eigenvalue weighted by Gasteiger charge is 2.26. The molecule has 0 amide bonds. The predicted molar refractivity (Wildman–Crippen MR) is 103 cm³/mol. The number of benzene rings is 1. The van der Waals surface area contributed by atoms with E-state index in [0.29, 0.717) is 29.3 Å². The topological polar surface area (TPSA) is 80.4 Å². The van der Waals surface area contributed by atoms with Gasteiger partial charge >= 0.3 is 11.9 Å². The Morgan fingerprint density at radius 2 is 1.78 bits per heavy atom. The molecule has 1 aromatic carbocycles. The molecule has 6 heteroatoms. The average Bonchev–Trinajstić information content (AvgIpc) is 2.98. The number of aromatic amines is 1. The molecule has 138 valence electrons. The Morgan fingerprint density at radius 3 is 2.41 bits per heavy atom. The standard InChI is InChI=1S/C21H20N2O4/c1-5-14-11-18(26-12(3)24)19(22-16(14)6-2)20-21(27-13(4)25)15-9-7-8-10-17(15)23-20/h5-10,22-23H,1-2,11H2,3-4H3. The summed E-state index contributed by atoms with van der Waals surface area (Å²) in [4.78, 5) is 26.5. The zero-order valence-corrected chi connectivity index (χ0v) is 15.2. The van der Waals surface area contributed by atoms with E-state index >= 15 is 0 Å². The number of hydrogen-bond acceptors (Lipinski definition) is 5. The van der Waals surface area contributed by atoms with E-state index in [9.17, 15) is 9.59 Å². The van der Waals surface area contributed by atoms with Crippen molar-refractivity contribution in [2.75, 3.05) is 0 Å². The Morgan fingerprint density at radius 1 is 1.07 bits per heavy atom. The van der Waals surface area contributed by atoms with Gasteiger partial charge in [0.25, 0.3) is 0 Å². The third-order valence-corrected chi connectivity index (χ3v) is 4.11. The summed E-state index contributed by atoms with van der Waals surface area (Å²) in [6, 6.07) is 7.45. The Bertz CT molecular complexity index is 1020. The highest BCUT2D eigenvalue weighted by molar-refractivity contribution is 5.95. The summed E-state index contributed by atoms with van der Waals surface area (Å²) in [5.41, 5.74) is 3.40. The fraction of sp³-hybridized carbons (Fsp3) is 0.143. The summed E-state index contributed by atoms with van der Waals surface area (Å²) < 4.78 is 10.9. The minimum Gasteiger partial charge on any atom is -0.429 e. The number of carbonyl (C=O) groups excluding carboxylic acids is 2. The van der Waals surface area contributed by atoms with Crippen molar-refractivity contribution < 1.29 is 19.1 Å². The van der Waals surface area contributed by atoms with Gasteiger partial charge in [-0.05, 0) is 23.8 Å². The Balaban J connectivity index is 2.23. The molecular weight excluding hydrogens is 344 g/mol. The van der Waals surface area contributed by atoms with Gasteiger partial charge in [0.2, 0.25) is 0 Å². The van der Waals surface area contributed by atoms with Crippen molar-refractivity contribution in [3.05, 3.63) is 72.3 Å². The van der Waals surface area contributed by atoms with Crippen molar-refractivity contribution >= 4 is 28.5 Å². The number of fused-ring (bicyclic) bond motifs is 1. The molecule has 27 heavy (non-hydrogen) atoms. The molecule has 0 spiro atoms. The first kappa shape index (κ1) is 18.3. The molecule has 0 bridgehead atoms. The van der Waals surface area contributed by atoms with Crippen LogP contribution in [0.3, 0.4) is 0 Å². The molecule has 3 rings (SSSR count). The maximum Gasteiger partial charge on any atom is 0.308 e. The van der Waals surface area contributed by atoms with Crippen LogP contribution in [0.15, 0.2) is 66.6 Å². The summed E-state index contributed by atoms with van der Waals surface area (Å²) in [6.07, 6.45) is 3.69. The highest BCUT2D eigenvalue weighted by atomic mass is 16.5. The van der Waals surface area contributed by atoms with Crippen LogP contribution >= 0.6 is 0 Å². The Labute approximate surface area is 156 Å². The average molecular weight is 364 g/mol. The van der Waals surface area contributed by atoms with Gasteiger partial charge in [0.05, 0.1) is 0 Å². The number of allylic oxidation sites excluding steroid dienone is 3. The smallest absolute Gasteiger partial charge is 0.308 e. The number of H-pyrrole nitrogens is 1. The highest BCUT2D eigenvalue weighted by Crippen LogP contribution is 2.38. The van der Waals surface area contributed by atoms with E-state index in [1.807, 2.05) is 24.3 Å². The second-order valence-corrected chi connectivity index (χ2v) is 6.01. The van der Waals surface area contributed by atoms with Crippen LogP contribution in [0.4, 0.5) is 0 Å². The van der Waals surface area contributed by atoms with E-state index in [1.54, 1.807) is 12.2 Å². The quantitative estimate of drug-likeness (QED) is 0.786. The Kier molecular flexibility index (Phi) is 4.98. The molecular formula is C21H20N2O4. The van der Waals surface area contributed by atoms with Crippen LogP contribution in [-0.4, -0.2) is 16.9 Å². The van der Waals surface area contributed by atoms with Crippen LogP contribution < -0.4 is 10.1 Å². The van der Waals surface area contributed by atoms with E-state index in [2.05, 4.69) is 23.5 Å². The van der Waals surface area contributed by atoms with E-state index in [1.165, 1.54) is 13.8 Å². The Hall–Kier alpha value is -3.54. The number of esters is 2. The molecule has 1 aromatic heterocycles. The van der Waals surface area contributed by atoms with Gasteiger partial charge in [0.1, 0.15) is 17.2 Å². The lowest BCUT2D eigenvalue weighted by Gasteiger charge is -2.24. The molecule has 0 atom stereocenters. The molecule has 2 N–H and O–H groups in total. The van der Waals surface area contributed by atoms with Crippen molar-refractivity contribution in [3.63, 3.8) is 0 Å². The first-order chi connectivity index (χ1) is 12.9. The van der Waals surface area contributed by atoms with Crippen LogP contribution in [0.2, 0.25) is 0 Å². The third-order valence-electron chi connectivity index (χ3n) is 4.11. The molecule has 1 aliphatic heterocycles. The van der Waals surface area contributed by atoms with Crippen LogP contribution in [0, 0.1) is 0 Å². The minimum absolute atomic E-state index is 0.349. The first-order valence-electron chi connectivity index (χ1n) is 8.40. The van der Waals surface area contributed by atoms with E-state index < -0.39 is 11.9 Å². The lowest BCUT2D eigenvalue weighted by Crippen LogP contribution is -2.22. The summed E-state index contributed by atoms with van der Waals surface area (Å²) >= 11 is 0. The molecule has 0 saturated carbocycles. The molecule has 1 aliphatic rings. The maximum absolute atomic E-state index is 11.7. The van der Waals surface area contributed by atoms with E-state index in [-0.39, 0.29) is 0 Å². The number of rotatable bonds is 5. The zero-order valence-electron chi connectivity index (χ0n) is 15.2. The van der Waals surface area contributed by atoms with Crippen molar-refractivity contribution in [2.24, 2.45) is 0 Å². The van der Waals surface area contributed by atoms with Gasteiger partial charge in [0, 0.05) is 36.9 Å². The molecule has 2 heterocycles. The summed E-state index contributed by atoms with van der Waals surface area (Å²) in [5.74, 6) is -0.115. The van der Waals surface area contributed by atoms with E-state index in [0.717, 1.165) is 22.2 Å². The number of carbonyl (C=O) groups is 2. The summed E-state index contributed by atoms with van der Waals surface area (Å²) in [5, 5.41) is 3.97. The number of nitrogens with one attached hydrogen (secondary N) is 2. The number of dihydropyridines is 1. The van der Waals surface area contributed by atoms with Gasteiger partial charge < -0.3 is 19.8 Å². The van der Waals surface area contributed by atoms with Crippen molar-refractivity contribution in [1.82, 2.24) is 10.3 Å². The predicted octanol–water partition coefficient (Wildman–Crippen LogP) is 3.94. The fourth-order valence-corrected chi connectivity index (χ4v) is 3.01. The second kappa shape index (κ2) is 7.37. The molecule has 0 fully saturated rings. The molecule has 6 nitrogen and oxygen atoms in total. The lowest BCUT2D eigenvalue weighted by molar-refractivity contribution is -0.137.